The predicted molar refractivity (Wildman–Crippen MR) is 97.0 cm³/mol. The summed E-state index contributed by atoms with van der Waals surface area (Å²) < 4.78 is 0. The maximum atomic E-state index is 11.9. The molecular weight excluding hydrogens is 358 g/mol. The highest BCUT2D eigenvalue weighted by molar-refractivity contribution is 6.21. The van der Waals surface area contributed by atoms with Crippen molar-refractivity contribution in [3.05, 3.63) is 18.2 Å². The lowest BCUT2D eigenvalue weighted by Crippen LogP contribution is -2.49. The van der Waals surface area contributed by atoms with E-state index in [1.807, 2.05) is 0 Å². The number of nitrogen functional groups attached to an aromatic ring is 1. The number of likely N-dealkylation sites (N-methyl/N-ethyl adjacent to an activating group) is 1. The first kappa shape index (κ1) is 21.1. The number of imide groups is 1. The van der Waals surface area contributed by atoms with Crippen LogP contribution in [0.4, 0.5) is 17.1 Å². The minimum atomic E-state index is -1.72. The van der Waals surface area contributed by atoms with Crippen LogP contribution in [0.1, 0.15) is 12.8 Å². The summed E-state index contributed by atoms with van der Waals surface area (Å²) in [6.45, 7) is -0.901. The van der Waals surface area contributed by atoms with E-state index in [1.54, 1.807) is 13.1 Å². The van der Waals surface area contributed by atoms with Crippen molar-refractivity contribution in [3.8, 4) is 0 Å². The minimum Gasteiger partial charge on any atom is -0.397 e. The number of amides is 2. The molecule has 1 fully saturated rings. The fourth-order valence-corrected chi connectivity index (χ4v) is 2.87. The molecule has 2 amide bonds. The second-order valence-corrected chi connectivity index (χ2v) is 6.54. The molecule has 0 aromatic heterocycles. The van der Waals surface area contributed by atoms with Crippen LogP contribution in [-0.4, -0.2) is 82.0 Å². The van der Waals surface area contributed by atoms with Gasteiger partial charge in [0.15, 0.2) is 0 Å². The van der Waals surface area contributed by atoms with E-state index in [1.165, 1.54) is 17.0 Å². The zero-order valence-electron chi connectivity index (χ0n) is 14.9. The summed E-state index contributed by atoms with van der Waals surface area (Å²) in [4.78, 5) is 26.4. The molecule has 1 aliphatic heterocycles. The summed E-state index contributed by atoms with van der Waals surface area (Å²) in [6, 6.07) is 4.66. The van der Waals surface area contributed by atoms with E-state index >= 15 is 0 Å². The normalized spacial score (nSPS) is 19.1. The van der Waals surface area contributed by atoms with Gasteiger partial charge in [-0.3, -0.25) is 9.59 Å². The first-order valence-electron chi connectivity index (χ1n) is 8.47. The number of nitrogens with two attached hydrogens (primary N) is 1. The Morgan fingerprint density at radius 3 is 2.19 bits per heavy atom. The molecule has 0 radical (unpaired) electrons. The van der Waals surface area contributed by atoms with Crippen LogP contribution in [0.3, 0.4) is 0 Å². The van der Waals surface area contributed by atoms with Crippen LogP contribution in [0.2, 0.25) is 0 Å². The predicted octanol–water partition coefficient (Wildman–Crippen LogP) is -2.21. The number of benzene rings is 1. The summed E-state index contributed by atoms with van der Waals surface area (Å²) in [5, 5.41) is 47.9. The van der Waals surface area contributed by atoms with Crippen molar-refractivity contribution in [2.45, 2.75) is 37.3 Å². The molecule has 10 heteroatoms. The summed E-state index contributed by atoms with van der Waals surface area (Å²) in [5.74, 6) is -0.689. The SMILES string of the molecule is CN(CC(O)C(O)C(O)C(O)CO)c1ccc(N)c(N2C(=O)CCC2=O)c1. The smallest absolute Gasteiger partial charge is 0.234 e. The van der Waals surface area contributed by atoms with Crippen LogP contribution in [-0.2, 0) is 9.59 Å². The molecule has 1 heterocycles. The van der Waals surface area contributed by atoms with Gasteiger partial charge in [-0.15, -0.1) is 0 Å². The van der Waals surface area contributed by atoms with Gasteiger partial charge in [0.1, 0.15) is 18.3 Å². The number of carbonyl (C=O) groups excluding carboxylic acids is 2. The highest BCUT2D eigenvalue weighted by Crippen LogP contribution is 2.32. The van der Waals surface area contributed by atoms with Crippen molar-refractivity contribution >= 4 is 28.9 Å². The Kier molecular flexibility index (Phi) is 6.73. The minimum absolute atomic E-state index is 0.119. The van der Waals surface area contributed by atoms with Crippen LogP contribution in [0, 0.1) is 0 Å². The van der Waals surface area contributed by atoms with Crippen LogP contribution in [0.25, 0.3) is 0 Å². The number of hydrogen-bond donors (Lipinski definition) is 6. The Morgan fingerprint density at radius 1 is 1.07 bits per heavy atom. The Bertz CT molecular complexity index is 683. The maximum Gasteiger partial charge on any atom is 0.234 e. The number of nitrogens with zero attached hydrogens (tertiary/aromatic N) is 2. The van der Waals surface area contributed by atoms with Crippen LogP contribution in [0.5, 0.6) is 0 Å². The molecule has 1 saturated heterocycles. The molecule has 2 rings (SSSR count). The molecule has 27 heavy (non-hydrogen) atoms. The van der Waals surface area contributed by atoms with E-state index in [0.29, 0.717) is 5.69 Å². The van der Waals surface area contributed by atoms with Gasteiger partial charge in [0, 0.05) is 32.1 Å². The molecule has 0 bridgehead atoms. The summed E-state index contributed by atoms with van der Waals surface area (Å²) in [6.07, 6.45) is -6.20. The van der Waals surface area contributed by atoms with E-state index in [-0.39, 0.29) is 42.6 Å². The third-order valence-electron chi connectivity index (χ3n) is 4.53. The van der Waals surface area contributed by atoms with Gasteiger partial charge >= 0.3 is 0 Å². The largest absolute Gasteiger partial charge is 0.397 e. The molecule has 4 unspecified atom stereocenters. The van der Waals surface area contributed by atoms with E-state index in [4.69, 9.17) is 10.8 Å². The van der Waals surface area contributed by atoms with Crippen LogP contribution < -0.4 is 15.5 Å². The van der Waals surface area contributed by atoms with E-state index in [2.05, 4.69) is 0 Å². The van der Waals surface area contributed by atoms with Crippen molar-refractivity contribution in [1.82, 2.24) is 0 Å². The van der Waals surface area contributed by atoms with Crippen molar-refractivity contribution < 1.29 is 35.1 Å². The molecular formula is C17H25N3O7. The second kappa shape index (κ2) is 8.63. The molecule has 10 nitrogen and oxygen atoms in total. The van der Waals surface area contributed by atoms with Gasteiger partial charge in [-0.05, 0) is 18.2 Å². The molecule has 0 spiro atoms. The quantitative estimate of drug-likeness (QED) is 0.215. The number of rotatable bonds is 8. The van der Waals surface area contributed by atoms with Gasteiger partial charge in [0.2, 0.25) is 11.8 Å². The number of hydrogen-bond acceptors (Lipinski definition) is 9. The Morgan fingerprint density at radius 2 is 1.63 bits per heavy atom. The third kappa shape index (κ3) is 4.54. The summed E-state index contributed by atoms with van der Waals surface area (Å²) >= 11 is 0. The van der Waals surface area contributed by atoms with Crippen molar-refractivity contribution in [1.29, 1.82) is 0 Å². The average molecular weight is 383 g/mol. The highest BCUT2D eigenvalue weighted by atomic mass is 16.4. The van der Waals surface area contributed by atoms with Crippen molar-refractivity contribution in [3.63, 3.8) is 0 Å². The lowest BCUT2D eigenvalue weighted by molar-refractivity contribution is -0.121. The van der Waals surface area contributed by atoms with Crippen LogP contribution in [0.15, 0.2) is 18.2 Å². The van der Waals surface area contributed by atoms with E-state index in [0.717, 1.165) is 4.90 Å². The Hall–Kier alpha value is -2.24. The monoisotopic (exact) mass is 383 g/mol. The third-order valence-corrected chi connectivity index (χ3v) is 4.53. The van der Waals surface area contributed by atoms with E-state index in [9.17, 15) is 30.0 Å². The maximum absolute atomic E-state index is 11.9. The van der Waals surface area contributed by atoms with Gasteiger partial charge in [-0.2, -0.15) is 0 Å². The number of aliphatic hydroxyl groups excluding tert-OH is 5. The molecule has 1 aromatic carbocycles. The van der Waals surface area contributed by atoms with Gasteiger partial charge in [0.25, 0.3) is 0 Å². The molecule has 150 valence electrons. The lowest BCUT2D eigenvalue weighted by Gasteiger charge is -2.30. The summed E-state index contributed by atoms with van der Waals surface area (Å²) in [7, 11) is 1.59. The van der Waals surface area contributed by atoms with Gasteiger partial charge < -0.3 is 36.2 Å². The molecule has 0 saturated carbocycles. The first-order chi connectivity index (χ1) is 12.7. The fourth-order valence-electron chi connectivity index (χ4n) is 2.87. The van der Waals surface area contributed by atoms with Gasteiger partial charge in [0.05, 0.1) is 24.1 Å². The van der Waals surface area contributed by atoms with E-state index < -0.39 is 31.0 Å². The molecule has 7 N–H and O–H groups in total. The average Bonchev–Trinajstić information content (AvgIpc) is 2.98. The fraction of sp³-hybridized carbons (Fsp3) is 0.529. The Labute approximate surface area is 156 Å². The zero-order chi connectivity index (χ0) is 20.3. The Balaban J connectivity index is 2.15. The van der Waals surface area contributed by atoms with Crippen molar-refractivity contribution in [2.75, 3.05) is 35.7 Å². The highest BCUT2D eigenvalue weighted by Gasteiger charge is 2.33. The zero-order valence-corrected chi connectivity index (χ0v) is 14.9. The van der Waals surface area contributed by atoms with Crippen LogP contribution >= 0.6 is 0 Å². The lowest BCUT2D eigenvalue weighted by atomic mass is 10.0. The number of carbonyl (C=O) groups is 2. The molecule has 4 atom stereocenters. The first-order valence-corrected chi connectivity index (χ1v) is 8.47. The molecule has 0 aliphatic carbocycles. The topological polar surface area (TPSA) is 168 Å². The van der Waals surface area contributed by atoms with Crippen molar-refractivity contribution in [2.24, 2.45) is 0 Å². The molecule has 1 aliphatic rings. The summed E-state index contributed by atoms with van der Waals surface area (Å²) in [5.41, 5.74) is 6.90. The standard InChI is InChI=1S/C17H25N3O7/c1-19(7-12(22)16(26)17(27)13(23)8-21)9-2-3-10(18)11(6-9)20-14(24)4-5-15(20)25/h2-3,6,12-13,16-17,21-23,26-27H,4-5,7-8,18H2,1H3. The second-order valence-electron chi connectivity index (χ2n) is 6.54. The molecule has 1 aromatic rings. The van der Waals surface area contributed by atoms with Gasteiger partial charge in [-0.25, -0.2) is 4.90 Å². The number of aliphatic hydroxyl groups is 5. The van der Waals surface area contributed by atoms with Gasteiger partial charge in [-0.1, -0.05) is 0 Å². The number of anilines is 3.